The van der Waals surface area contributed by atoms with Gasteiger partial charge in [-0.2, -0.15) is 0 Å². The van der Waals surface area contributed by atoms with E-state index in [0.717, 1.165) is 12.5 Å². The molecule has 0 fully saturated rings. The minimum atomic E-state index is 0.654. The Morgan fingerprint density at radius 2 is 2.00 bits per heavy atom. The maximum atomic E-state index is 2.63. The van der Waals surface area contributed by atoms with E-state index in [1.54, 1.807) is 16.7 Å². The monoisotopic (exact) mass is 245 g/mol. The van der Waals surface area contributed by atoms with Gasteiger partial charge in [-0.05, 0) is 34.9 Å². The van der Waals surface area contributed by atoms with Gasteiger partial charge in [-0.3, -0.25) is 4.90 Å². The zero-order chi connectivity index (χ0) is 13.1. The van der Waals surface area contributed by atoms with Crippen molar-refractivity contribution in [1.82, 2.24) is 4.90 Å². The van der Waals surface area contributed by atoms with Crippen LogP contribution < -0.4 is 0 Å². The van der Waals surface area contributed by atoms with Crippen LogP contribution in [-0.2, 0) is 13.0 Å². The lowest BCUT2D eigenvalue weighted by Gasteiger charge is -2.32. The summed E-state index contributed by atoms with van der Waals surface area (Å²) in [5, 5.41) is 0. The lowest BCUT2D eigenvalue weighted by atomic mass is 9.89. The Morgan fingerprint density at radius 3 is 2.67 bits per heavy atom. The van der Waals surface area contributed by atoms with Crippen LogP contribution in [0.1, 0.15) is 56.7 Å². The number of benzene rings is 1. The molecule has 0 bridgehead atoms. The van der Waals surface area contributed by atoms with Gasteiger partial charge in [-0.25, -0.2) is 0 Å². The van der Waals surface area contributed by atoms with Gasteiger partial charge in [0.05, 0.1) is 0 Å². The molecule has 0 radical (unpaired) electrons. The molecule has 0 saturated heterocycles. The molecule has 2 rings (SSSR count). The van der Waals surface area contributed by atoms with Crippen molar-refractivity contribution in [3.8, 4) is 0 Å². The molecule has 1 aliphatic rings. The molecule has 1 aliphatic heterocycles. The van der Waals surface area contributed by atoms with Gasteiger partial charge >= 0.3 is 0 Å². The van der Waals surface area contributed by atoms with Gasteiger partial charge in [0.15, 0.2) is 0 Å². The highest BCUT2D eigenvalue weighted by Crippen LogP contribution is 2.27. The average Bonchev–Trinajstić information content (AvgIpc) is 2.37. The zero-order valence-corrected chi connectivity index (χ0v) is 12.4. The van der Waals surface area contributed by atoms with Crippen molar-refractivity contribution in [2.24, 2.45) is 5.92 Å². The van der Waals surface area contributed by atoms with Crippen LogP contribution in [0.2, 0.25) is 0 Å². The van der Waals surface area contributed by atoms with E-state index in [-0.39, 0.29) is 0 Å². The topological polar surface area (TPSA) is 3.24 Å². The summed E-state index contributed by atoms with van der Waals surface area (Å²) in [7, 11) is 0. The third-order valence-electron chi connectivity index (χ3n) is 4.27. The molecule has 0 spiro atoms. The first-order valence-corrected chi connectivity index (χ1v) is 7.44. The van der Waals surface area contributed by atoms with Gasteiger partial charge in [0.25, 0.3) is 0 Å². The minimum absolute atomic E-state index is 0.654. The Morgan fingerprint density at radius 1 is 1.22 bits per heavy atom. The number of hydrogen-bond acceptors (Lipinski definition) is 1. The lowest BCUT2D eigenvalue weighted by molar-refractivity contribution is 0.217. The van der Waals surface area contributed by atoms with Crippen molar-refractivity contribution in [1.29, 1.82) is 0 Å². The highest BCUT2D eigenvalue weighted by molar-refractivity contribution is 5.38. The van der Waals surface area contributed by atoms with Gasteiger partial charge in [0.1, 0.15) is 0 Å². The van der Waals surface area contributed by atoms with E-state index in [2.05, 4.69) is 50.8 Å². The first kappa shape index (κ1) is 13.6. The molecule has 100 valence electrons. The van der Waals surface area contributed by atoms with Gasteiger partial charge in [0, 0.05) is 19.6 Å². The highest BCUT2D eigenvalue weighted by Gasteiger charge is 2.20. The molecular weight excluding hydrogens is 218 g/mol. The summed E-state index contributed by atoms with van der Waals surface area (Å²) < 4.78 is 0. The number of rotatable bonds is 4. The maximum Gasteiger partial charge on any atom is 0.0236 e. The molecule has 1 unspecified atom stereocenters. The van der Waals surface area contributed by atoms with Gasteiger partial charge in [-0.1, -0.05) is 52.3 Å². The molecular formula is C17H27N. The van der Waals surface area contributed by atoms with Crippen LogP contribution in [0, 0.1) is 5.92 Å². The molecule has 1 heterocycles. The Labute approximate surface area is 112 Å². The van der Waals surface area contributed by atoms with Crippen molar-refractivity contribution in [3.05, 3.63) is 34.9 Å². The fourth-order valence-corrected chi connectivity index (χ4v) is 2.96. The first-order valence-electron chi connectivity index (χ1n) is 7.44. The first-order chi connectivity index (χ1) is 8.61. The van der Waals surface area contributed by atoms with Crippen LogP contribution in [0.3, 0.4) is 0 Å². The molecule has 0 aliphatic carbocycles. The molecule has 1 aromatic rings. The largest absolute Gasteiger partial charge is 0.298 e. The summed E-state index contributed by atoms with van der Waals surface area (Å²) in [6.07, 6.45) is 2.52. The van der Waals surface area contributed by atoms with E-state index < -0.39 is 0 Å². The highest BCUT2D eigenvalue weighted by atomic mass is 15.1. The average molecular weight is 245 g/mol. The second-order valence-corrected chi connectivity index (χ2v) is 6.14. The van der Waals surface area contributed by atoms with E-state index in [1.807, 2.05) is 0 Å². The van der Waals surface area contributed by atoms with Crippen molar-refractivity contribution < 1.29 is 0 Å². The van der Waals surface area contributed by atoms with Gasteiger partial charge in [-0.15, -0.1) is 0 Å². The van der Waals surface area contributed by atoms with Crippen molar-refractivity contribution in [2.45, 2.75) is 53.0 Å². The fraction of sp³-hybridized carbons (Fsp3) is 0.647. The summed E-state index contributed by atoms with van der Waals surface area (Å²) in [5.74, 6) is 1.47. The molecule has 0 N–H and O–H groups in total. The molecule has 1 atom stereocenters. The minimum Gasteiger partial charge on any atom is -0.298 e. The van der Waals surface area contributed by atoms with Gasteiger partial charge in [0.2, 0.25) is 0 Å². The second kappa shape index (κ2) is 5.88. The van der Waals surface area contributed by atoms with Crippen LogP contribution in [0.5, 0.6) is 0 Å². The summed E-state index contributed by atoms with van der Waals surface area (Å²) in [6, 6.07) is 6.87. The molecule has 1 heteroatoms. The number of hydrogen-bond donors (Lipinski definition) is 0. The lowest BCUT2D eigenvalue weighted by Crippen LogP contribution is -2.34. The van der Waals surface area contributed by atoms with Crippen LogP contribution in [-0.4, -0.2) is 18.0 Å². The van der Waals surface area contributed by atoms with E-state index in [4.69, 9.17) is 0 Å². The fourth-order valence-electron chi connectivity index (χ4n) is 2.96. The third kappa shape index (κ3) is 2.95. The number of fused-ring (bicyclic) bond motifs is 1. The van der Waals surface area contributed by atoms with Gasteiger partial charge < -0.3 is 0 Å². The molecule has 1 nitrogen and oxygen atoms in total. The SMILES string of the molecule is CCC(C)CN1CCc2c(cccc2C(C)C)C1. The smallest absolute Gasteiger partial charge is 0.0236 e. The van der Waals surface area contributed by atoms with E-state index >= 15 is 0 Å². The molecule has 0 aromatic heterocycles. The molecule has 0 saturated carbocycles. The predicted octanol–water partition coefficient (Wildman–Crippen LogP) is 4.21. The van der Waals surface area contributed by atoms with Crippen LogP contribution in [0.15, 0.2) is 18.2 Å². The van der Waals surface area contributed by atoms with E-state index in [9.17, 15) is 0 Å². The van der Waals surface area contributed by atoms with Crippen molar-refractivity contribution in [3.63, 3.8) is 0 Å². The predicted molar refractivity (Wildman–Crippen MR) is 79.0 cm³/mol. The Balaban J connectivity index is 2.13. The Kier molecular flexibility index (Phi) is 4.45. The molecule has 0 amide bonds. The van der Waals surface area contributed by atoms with Crippen molar-refractivity contribution >= 4 is 0 Å². The van der Waals surface area contributed by atoms with Crippen LogP contribution in [0.25, 0.3) is 0 Å². The summed E-state index contributed by atoms with van der Waals surface area (Å²) >= 11 is 0. The van der Waals surface area contributed by atoms with Crippen LogP contribution in [0.4, 0.5) is 0 Å². The molecule has 18 heavy (non-hydrogen) atoms. The van der Waals surface area contributed by atoms with E-state index in [1.165, 1.54) is 25.9 Å². The quantitative estimate of drug-likeness (QED) is 0.768. The standard InChI is InChI=1S/C17H27N/c1-5-14(4)11-18-10-9-17-15(12-18)7-6-8-16(17)13(2)3/h6-8,13-14H,5,9-12H2,1-4H3. The summed E-state index contributed by atoms with van der Waals surface area (Å²) in [6.45, 7) is 12.9. The van der Waals surface area contributed by atoms with E-state index in [0.29, 0.717) is 5.92 Å². The van der Waals surface area contributed by atoms with Crippen LogP contribution >= 0.6 is 0 Å². The van der Waals surface area contributed by atoms with Crippen molar-refractivity contribution in [2.75, 3.05) is 13.1 Å². The molecule has 1 aromatic carbocycles. The number of nitrogens with zero attached hydrogens (tertiary/aromatic N) is 1. The Hall–Kier alpha value is -0.820. The second-order valence-electron chi connectivity index (χ2n) is 6.14. The summed E-state index contributed by atoms with van der Waals surface area (Å²) in [4.78, 5) is 2.63. The Bertz CT molecular complexity index is 395. The summed E-state index contributed by atoms with van der Waals surface area (Å²) in [5.41, 5.74) is 4.76. The normalized spacial score (nSPS) is 17.8. The zero-order valence-electron chi connectivity index (χ0n) is 12.4. The third-order valence-corrected chi connectivity index (χ3v) is 4.27. The maximum absolute atomic E-state index is 2.63.